The summed E-state index contributed by atoms with van der Waals surface area (Å²) >= 11 is 3.44. The lowest BCUT2D eigenvalue weighted by molar-refractivity contribution is 0.0221. The number of nitrogens with one attached hydrogen (secondary N) is 2. The minimum absolute atomic E-state index is 0.262. The summed E-state index contributed by atoms with van der Waals surface area (Å²) in [5.41, 5.74) is 1.48. The third-order valence-corrected chi connectivity index (χ3v) is 6.93. The Morgan fingerprint density at radius 2 is 1.69 bits per heavy atom. The van der Waals surface area contributed by atoms with Gasteiger partial charge in [-0.3, -0.25) is 4.90 Å². The van der Waals surface area contributed by atoms with E-state index in [1.807, 2.05) is 45.0 Å². The third kappa shape index (κ3) is 8.02. The molecule has 6 nitrogen and oxygen atoms in total. The second-order valence-electron chi connectivity index (χ2n) is 10.7. The molecule has 1 aliphatic rings. The van der Waals surface area contributed by atoms with Crippen LogP contribution >= 0.6 is 15.9 Å². The van der Waals surface area contributed by atoms with E-state index in [1.165, 1.54) is 24.3 Å². The Bertz CT molecular complexity index is 1310. The number of ether oxygens (including phenoxy) is 1. The van der Waals surface area contributed by atoms with Crippen LogP contribution in [0.15, 0.2) is 77.3 Å². The number of nitrogens with zero attached hydrogens (tertiary/aromatic N) is 1. The SMILES string of the molecule is CC(C)(C)OC(=O)N1CC(NC(=O)NC(Cc2cccc(F)c2)c2cccc(F)c2)CC1c1ccc(Br)cc1. The van der Waals surface area contributed by atoms with Crippen molar-refractivity contribution in [3.05, 3.63) is 106 Å². The Balaban J connectivity index is 1.50. The maximum Gasteiger partial charge on any atom is 0.410 e. The molecule has 1 heterocycles. The molecule has 0 radical (unpaired) electrons. The lowest BCUT2D eigenvalue weighted by Crippen LogP contribution is -2.45. The van der Waals surface area contributed by atoms with Crippen LogP contribution in [-0.4, -0.2) is 35.2 Å². The van der Waals surface area contributed by atoms with Crippen LogP contribution in [0.3, 0.4) is 0 Å². The van der Waals surface area contributed by atoms with E-state index in [-0.39, 0.29) is 30.9 Å². The first kappa shape index (κ1) is 28.5. The Hall–Kier alpha value is -3.46. The molecule has 0 saturated carbocycles. The van der Waals surface area contributed by atoms with E-state index in [4.69, 9.17) is 4.74 Å². The lowest BCUT2D eigenvalue weighted by atomic mass is 9.98. The molecule has 1 fully saturated rings. The third-order valence-electron chi connectivity index (χ3n) is 6.40. The Kier molecular flexibility index (Phi) is 8.90. The van der Waals surface area contributed by atoms with Crippen LogP contribution in [0.4, 0.5) is 18.4 Å². The lowest BCUT2D eigenvalue weighted by Gasteiger charge is -2.28. The molecule has 206 valence electrons. The van der Waals surface area contributed by atoms with Gasteiger partial charge < -0.3 is 15.4 Å². The zero-order valence-electron chi connectivity index (χ0n) is 22.1. The quantitative estimate of drug-likeness (QED) is 0.318. The van der Waals surface area contributed by atoms with Crippen molar-refractivity contribution in [2.45, 2.75) is 57.3 Å². The number of urea groups is 1. The molecule has 1 aliphatic heterocycles. The Morgan fingerprint density at radius 1 is 1.03 bits per heavy atom. The van der Waals surface area contributed by atoms with Crippen LogP contribution < -0.4 is 10.6 Å². The molecule has 3 amide bonds. The maximum atomic E-state index is 14.0. The molecular formula is C30H32BrF2N3O3. The first-order chi connectivity index (χ1) is 18.5. The number of likely N-dealkylation sites (tertiary alicyclic amines) is 1. The van der Waals surface area contributed by atoms with Crippen LogP contribution in [0, 0.1) is 11.6 Å². The smallest absolute Gasteiger partial charge is 0.410 e. The monoisotopic (exact) mass is 599 g/mol. The fraction of sp³-hybridized carbons (Fsp3) is 0.333. The molecule has 3 aromatic rings. The number of halogens is 3. The van der Waals surface area contributed by atoms with Crippen molar-refractivity contribution in [2.75, 3.05) is 6.54 Å². The zero-order valence-corrected chi connectivity index (χ0v) is 23.7. The predicted molar refractivity (Wildman–Crippen MR) is 149 cm³/mol. The van der Waals surface area contributed by atoms with Crippen molar-refractivity contribution in [1.82, 2.24) is 15.5 Å². The van der Waals surface area contributed by atoms with Gasteiger partial charge in [-0.05, 0) is 86.7 Å². The summed E-state index contributed by atoms with van der Waals surface area (Å²) in [5, 5.41) is 5.89. The summed E-state index contributed by atoms with van der Waals surface area (Å²) in [4.78, 5) is 27.9. The van der Waals surface area contributed by atoms with Gasteiger partial charge in [-0.15, -0.1) is 0 Å². The summed E-state index contributed by atoms with van der Waals surface area (Å²) in [6.45, 7) is 5.69. The van der Waals surface area contributed by atoms with Gasteiger partial charge in [-0.2, -0.15) is 0 Å². The van der Waals surface area contributed by atoms with Gasteiger partial charge in [0, 0.05) is 11.0 Å². The molecule has 2 N–H and O–H groups in total. The van der Waals surface area contributed by atoms with Crippen molar-refractivity contribution in [3.8, 4) is 0 Å². The van der Waals surface area contributed by atoms with E-state index >= 15 is 0 Å². The average Bonchev–Trinajstić information content (AvgIpc) is 3.27. The van der Waals surface area contributed by atoms with E-state index in [2.05, 4.69) is 26.6 Å². The molecular weight excluding hydrogens is 568 g/mol. The van der Waals surface area contributed by atoms with Crippen molar-refractivity contribution in [3.63, 3.8) is 0 Å². The molecule has 3 unspecified atom stereocenters. The van der Waals surface area contributed by atoms with Crippen molar-refractivity contribution in [1.29, 1.82) is 0 Å². The van der Waals surface area contributed by atoms with E-state index in [9.17, 15) is 18.4 Å². The molecule has 0 bridgehead atoms. The number of amides is 3. The van der Waals surface area contributed by atoms with E-state index in [0.717, 1.165) is 10.0 Å². The fourth-order valence-corrected chi connectivity index (χ4v) is 4.99. The summed E-state index contributed by atoms with van der Waals surface area (Å²) in [6, 6.07) is 18.0. The highest BCUT2D eigenvalue weighted by atomic mass is 79.9. The zero-order chi connectivity index (χ0) is 28.2. The number of rotatable bonds is 6. The highest BCUT2D eigenvalue weighted by Crippen LogP contribution is 2.34. The van der Waals surface area contributed by atoms with Crippen molar-refractivity contribution >= 4 is 28.1 Å². The van der Waals surface area contributed by atoms with Gasteiger partial charge in [0.15, 0.2) is 0 Å². The summed E-state index contributed by atoms with van der Waals surface area (Å²) in [7, 11) is 0. The largest absolute Gasteiger partial charge is 0.444 e. The Labute approximate surface area is 235 Å². The highest BCUT2D eigenvalue weighted by Gasteiger charge is 2.39. The second kappa shape index (κ2) is 12.2. The van der Waals surface area contributed by atoms with Crippen LogP contribution in [0.25, 0.3) is 0 Å². The first-order valence-corrected chi connectivity index (χ1v) is 13.6. The second-order valence-corrected chi connectivity index (χ2v) is 11.6. The Morgan fingerprint density at radius 3 is 2.33 bits per heavy atom. The van der Waals surface area contributed by atoms with Crippen LogP contribution in [0.2, 0.25) is 0 Å². The predicted octanol–water partition coefficient (Wildman–Crippen LogP) is 7.06. The van der Waals surface area contributed by atoms with Crippen molar-refractivity contribution in [2.24, 2.45) is 0 Å². The molecule has 3 aromatic carbocycles. The molecule has 0 aliphatic carbocycles. The fourth-order valence-electron chi connectivity index (χ4n) is 4.72. The van der Waals surface area contributed by atoms with Gasteiger partial charge >= 0.3 is 12.1 Å². The number of hydrogen-bond acceptors (Lipinski definition) is 3. The van der Waals surface area contributed by atoms with E-state index in [0.29, 0.717) is 17.5 Å². The maximum absolute atomic E-state index is 14.0. The molecule has 0 aromatic heterocycles. The summed E-state index contributed by atoms with van der Waals surface area (Å²) in [6.07, 6.45) is 0.303. The van der Waals surface area contributed by atoms with E-state index in [1.54, 1.807) is 29.2 Å². The minimum atomic E-state index is -0.667. The van der Waals surface area contributed by atoms with E-state index < -0.39 is 29.6 Å². The number of hydrogen-bond donors (Lipinski definition) is 2. The summed E-state index contributed by atoms with van der Waals surface area (Å²) in [5.74, 6) is -0.817. The normalized spacial score (nSPS) is 17.9. The van der Waals surface area contributed by atoms with Gasteiger partial charge in [-0.1, -0.05) is 52.3 Å². The highest BCUT2D eigenvalue weighted by molar-refractivity contribution is 9.10. The molecule has 0 spiro atoms. The molecule has 9 heteroatoms. The molecule has 4 rings (SSSR count). The average molecular weight is 601 g/mol. The molecule has 39 heavy (non-hydrogen) atoms. The van der Waals surface area contributed by atoms with Crippen LogP contribution in [0.1, 0.15) is 56.0 Å². The van der Waals surface area contributed by atoms with Crippen LogP contribution in [0.5, 0.6) is 0 Å². The number of carbonyl (C=O) groups is 2. The number of benzene rings is 3. The minimum Gasteiger partial charge on any atom is -0.444 e. The van der Waals surface area contributed by atoms with Gasteiger partial charge in [0.1, 0.15) is 17.2 Å². The van der Waals surface area contributed by atoms with Gasteiger partial charge in [0.25, 0.3) is 0 Å². The topological polar surface area (TPSA) is 70.7 Å². The molecule has 1 saturated heterocycles. The van der Waals surface area contributed by atoms with Gasteiger partial charge in [0.05, 0.1) is 18.1 Å². The first-order valence-electron chi connectivity index (χ1n) is 12.8. The summed E-state index contributed by atoms with van der Waals surface area (Å²) < 4.78 is 34.4. The van der Waals surface area contributed by atoms with Crippen molar-refractivity contribution < 1.29 is 23.1 Å². The van der Waals surface area contributed by atoms with Gasteiger partial charge in [-0.25, -0.2) is 18.4 Å². The molecule has 3 atom stereocenters. The van der Waals surface area contributed by atoms with Gasteiger partial charge in [0.2, 0.25) is 0 Å². The standard InChI is InChI=1S/C30H32BrF2N3O3/c1-30(2,3)39-29(38)36-18-25(17-27(36)20-10-12-22(31)13-11-20)34-28(37)35-26(21-7-5-9-24(33)16-21)15-19-6-4-8-23(32)14-19/h4-14,16,25-27H,15,17-18H2,1-3H3,(H2,34,35,37). The van der Waals surface area contributed by atoms with Crippen LogP contribution in [-0.2, 0) is 11.2 Å². The number of carbonyl (C=O) groups excluding carboxylic acids is 2.